The second-order valence-electron chi connectivity index (χ2n) is 5.60. The number of hydrogen-bond donors (Lipinski definition) is 1. The molecule has 0 spiro atoms. The van der Waals surface area contributed by atoms with E-state index in [2.05, 4.69) is 15.3 Å². The van der Waals surface area contributed by atoms with E-state index in [9.17, 15) is 9.18 Å². The van der Waals surface area contributed by atoms with Crippen molar-refractivity contribution in [2.24, 2.45) is 0 Å². The molecule has 1 saturated heterocycles. The average molecular weight is 331 g/mol. The molecule has 2 aromatic rings. The first-order chi connectivity index (χ1) is 11.6. The number of halogens is 1. The third kappa shape index (κ3) is 4.26. The van der Waals surface area contributed by atoms with Crippen LogP contribution in [0.25, 0.3) is 0 Å². The van der Waals surface area contributed by atoms with Crippen LogP contribution in [-0.2, 0) is 4.74 Å². The Hall–Kier alpha value is -2.54. The predicted molar refractivity (Wildman–Crippen MR) is 85.6 cm³/mol. The van der Waals surface area contributed by atoms with Crippen molar-refractivity contribution in [2.45, 2.75) is 25.9 Å². The van der Waals surface area contributed by atoms with Crippen LogP contribution in [0.1, 0.15) is 29.0 Å². The highest BCUT2D eigenvalue weighted by atomic mass is 19.1. The minimum Gasteiger partial charge on any atom is -0.488 e. The molecular formula is C17H18FN3O3. The number of aryl methyl sites for hydroxylation is 1. The third-order valence-electron chi connectivity index (χ3n) is 3.55. The Morgan fingerprint density at radius 3 is 3.00 bits per heavy atom. The van der Waals surface area contributed by atoms with Gasteiger partial charge in [-0.2, -0.15) is 0 Å². The van der Waals surface area contributed by atoms with Crippen LogP contribution in [0, 0.1) is 12.7 Å². The summed E-state index contributed by atoms with van der Waals surface area (Å²) in [7, 11) is 0. The van der Waals surface area contributed by atoms with Crippen molar-refractivity contribution in [3.63, 3.8) is 0 Å². The van der Waals surface area contributed by atoms with Crippen LogP contribution in [0.15, 0.2) is 30.5 Å². The molecule has 7 heteroatoms. The predicted octanol–water partition coefficient (Wildman–Crippen LogP) is 2.73. The summed E-state index contributed by atoms with van der Waals surface area (Å²) in [5.41, 5.74) is 0.884. The highest BCUT2D eigenvalue weighted by Gasteiger charge is 2.17. The van der Waals surface area contributed by atoms with Crippen LogP contribution in [-0.4, -0.2) is 35.2 Å². The maximum absolute atomic E-state index is 12.9. The molecule has 1 N–H and O–H groups in total. The summed E-state index contributed by atoms with van der Waals surface area (Å²) in [6.07, 6.45) is 2.90. The zero-order valence-corrected chi connectivity index (χ0v) is 13.3. The Morgan fingerprint density at radius 1 is 1.42 bits per heavy atom. The van der Waals surface area contributed by atoms with Gasteiger partial charge in [-0.1, -0.05) is 0 Å². The molecule has 6 nitrogen and oxygen atoms in total. The summed E-state index contributed by atoms with van der Waals surface area (Å²) < 4.78 is 24.1. The number of ether oxygens (including phenoxy) is 2. The van der Waals surface area contributed by atoms with E-state index in [0.717, 1.165) is 25.6 Å². The molecule has 1 aliphatic heterocycles. The van der Waals surface area contributed by atoms with Gasteiger partial charge in [-0.05, 0) is 31.9 Å². The summed E-state index contributed by atoms with van der Waals surface area (Å²) in [5, 5.41) is 2.58. The summed E-state index contributed by atoms with van der Waals surface area (Å²) >= 11 is 0. The average Bonchev–Trinajstić information content (AvgIpc) is 2.57. The van der Waals surface area contributed by atoms with E-state index in [-0.39, 0.29) is 17.6 Å². The van der Waals surface area contributed by atoms with Crippen molar-refractivity contribution in [3.8, 4) is 5.75 Å². The molecule has 0 aliphatic carbocycles. The molecule has 1 amide bonds. The first-order valence-corrected chi connectivity index (χ1v) is 7.76. The molecule has 24 heavy (non-hydrogen) atoms. The van der Waals surface area contributed by atoms with Gasteiger partial charge in [0.05, 0.1) is 12.8 Å². The quantitative estimate of drug-likeness (QED) is 0.932. The van der Waals surface area contributed by atoms with E-state index in [1.807, 2.05) is 0 Å². The summed E-state index contributed by atoms with van der Waals surface area (Å²) in [5.74, 6) is -0.0577. The molecule has 126 valence electrons. The van der Waals surface area contributed by atoms with Crippen molar-refractivity contribution in [1.82, 2.24) is 9.97 Å². The highest BCUT2D eigenvalue weighted by Crippen LogP contribution is 2.20. The van der Waals surface area contributed by atoms with Gasteiger partial charge in [0.2, 0.25) is 0 Å². The van der Waals surface area contributed by atoms with Gasteiger partial charge in [-0.3, -0.25) is 4.79 Å². The van der Waals surface area contributed by atoms with Gasteiger partial charge < -0.3 is 14.8 Å². The van der Waals surface area contributed by atoms with Gasteiger partial charge in [0, 0.05) is 24.4 Å². The minimum atomic E-state index is -0.466. The fraction of sp³-hybridized carbons (Fsp3) is 0.353. The van der Waals surface area contributed by atoms with Crippen molar-refractivity contribution < 1.29 is 18.7 Å². The molecule has 1 fully saturated rings. The van der Waals surface area contributed by atoms with Crippen LogP contribution in [0.5, 0.6) is 5.75 Å². The molecule has 3 rings (SSSR count). The zero-order chi connectivity index (χ0) is 16.9. The van der Waals surface area contributed by atoms with E-state index >= 15 is 0 Å². The summed E-state index contributed by atoms with van der Waals surface area (Å²) in [6, 6.07) is 5.98. The van der Waals surface area contributed by atoms with Gasteiger partial charge >= 0.3 is 0 Å². The van der Waals surface area contributed by atoms with Crippen molar-refractivity contribution in [3.05, 3.63) is 47.7 Å². The zero-order valence-electron chi connectivity index (χ0n) is 13.3. The lowest BCUT2D eigenvalue weighted by atomic mass is 10.2. The van der Waals surface area contributed by atoms with Gasteiger partial charge in [-0.25, -0.2) is 14.4 Å². The number of aromatic nitrogens is 2. The lowest BCUT2D eigenvalue weighted by Gasteiger charge is -2.23. The molecule has 0 radical (unpaired) electrons. The molecule has 0 aromatic carbocycles. The molecule has 1 atom stereocenters. The molecular weight excluding hydrogens is 313 g/mol. The fourth-order valence-electron chi connectivity index (χ4n) is 2.45. The van der Waals surface area contributed by atoms with E-state index in [1.165, 1.54) is 12.1 Å². The van der Waals surface area contributed by atoms with Crippen LogP contribution in [0.3, 0.4) is 0 Å². The van der Waals surface area contributed by atoms with Gasteiger partial charge in [0.15, 0.2) is 0 Å². The topological polar surface area (TPSA) is 73.3 Å². The number of nitrogens with zero attached hydrogens (tertiary/aromatic N) is 2. The number of carbonyl (C=O) groups excluding carboxylic acids is 1. The molecule has 1 aliphatic rings. The Balaban J connectivity index is 1.72. The number of rotatable bonds is 4. The first-order valence-electron chi connectivity index (χ1n) is 7.76. The summed E-state index contributed by atoms with van der Waals surface area (Å²) in [4.78, 5) is 20.3. The molecule has 0 unspecified atom stereocenters. The van der Waals surface area contributed by atoms with Crippen molar-refractivity contribution >= 4 is 11.7 Å². The first kappa shape index (κ1) is 16.3. The fourth-order valence-corrected chi connectivity index (χ4v) is 2.45. The van der Waals surface area contributed by atoms with E-state index in [1.54, 1.807) is 19.1 Å². The molecule has 3 heterocycles. The van der Waals surface area contributed by atoms with E-state index in [0.29, 0.717) is 18.1 Å². The number of carbonyl (C=O) groups is 1. The number of pyridine rings is 2. The van der Waals surface area contributed by atoms with E-state index in [4.69, 9.17) is 9.47 Å². The molecule has 0 saturated carbocycles. The second-order valence-corrected chi connectivity index (χ2v) is 5.60. The Labute approximate surface area is 139 Å². The van der Waals surface area contributed by atoms with E-state index < -0.39 is 11.7 Å². The Bertz CT molecular complexity index is 716. The standard InChI is InChI=1S/C17H18FN3O3/c1-11-7-14(24-13-3-2-6-23-10-13)8-15(20-11)17(22)21-16-5-4-12(18)9-19-16/h4-5,7-9,13H,2-3,6,10H2,1H3,(H,19,21,22)/t13-/m0/s1. The number of amides is 1. The van der Waals surface area contributed by atoms with Crippen LogP contribution < -0.4 is 10.1 Å². The number of hydrogen-bond acceptors (Lipinski definition) is 5. The maximum Gasteiger partial charge on any atom is 0.275 e. The normalized spacial score (nSPS) is 17.3. The second kappa shape index (κ2) is 7.35. The Kier molecular flexibility index (Phi) is 5.00. The lowest BCUT2D eigenvalue weighted by molar-refractivity contribution is 0.00734. The SMILES string of the molecule is Cc1cc(O[C@H]2CCCOC2)cc(C(=O)Nc2ccc(F)cn2)n1. The smallest absolute Gasteiger partial charge is 0.275 e. The minimum absolute atomic E-state index is 0.0183. The van der Waals surface area contributed by atoms with Crippen molar-refractivity contribution in [1.29, 1.82) is 0 Å². The number of nitrogens with one attached hydrogen (secondary N) is 1. The Morgan fingerprint density at radius 2 is 2.29 bits per heavy atom. The molecule has 2 aromatic heterocycles. The molecule has 0 bridgehead atoms. The van der Waals surface area contributed by atoms with Gasteiger partial charge in [0.25, 0.3) is 5.91 Å². The van der Waals surface area contributed by atoms with Gasteiger partial charge in [0.1, 0.15) is 29.2 Å². The van der Waals surface area contributed by atoms with Crippen LogP contribution in [0.4, 0.5) is 10.2 Å². The lowest BCUT2D eigenvalue weighted by Crippen LogP contribution is -2.28. The maximum atomic E-state index is 12.9. The van der Waals surface area contributed by atoms with Crippen LogP contribution >= 0.6 is 0 Å². The van der Waals surface area contributed by atoms with Crippen LogP contribution in [0.2, 0.25) is 0 Å². The summed E-state index contributed by atoms with van der Waals surface area (Å²) in [6.45, 7) is 3.09. The van der Waals surface area contributed by atoms with Crippen molar-refractivity contribution in [2.75, 3.05) is 18.5 Å². The largest absolute Gasteiger partial charge is 0.488 e. The third-order valence-corrected chi connectivity index (χ3v) is 3.55. The highest BCUT2D eigenvalue weighted by molar-refractivity contribution is 6.02. The monoisotopic (exact) mass is 331 g/mol. The number of anilines is 1. The van der Waals surface area contributed by atoms with Gasteiger partial charge in [-0.15, -0.1) is 0 Å².